The molecule has 1 aliphatic heterocycles. The van der Waals surface area contributed by atoms with Crippen LogP contribution in [0.1, 0.15) is 13.8 Å². The summed E-state index contributed by atoms with van der Waals surface area (Å²) < 4.78 is 7.03. The van der Waals surface area contributed by atoms with Crippen molar-refractivity contribution in [2.75, 3.05) is 38.1 Å². The second kappa shape index (κ2) is 7.06. The predicted octanol–water partition coefficient (Wildman–Crippen LogP) is 1.05. The number of rotatable bonds is 5. The van der Waals surface area contributed by atoms with Gasteiger partial charge in [0.1, 0.15) is 5.02 Å². The maximum absolute atomic E-state index is 11.9. The first-order chi connectivity index (χ1) is 9.65. The average molecular weight is 301 g/mol. The number of halogens is 1. The van der Waals surface area contributed by atoms with E-state index in [4.69, 9.17) is 16.3 Å². The number of hydrogen-bond acceptors (Lipinski definition) is 5. The third kappa shape index (κ3) is 3.50. The smallest absolute Gasteiger partial charge is 0.287 e. The van der Waals surface area contributed by atoms with Crippen molar-refractivity contribution < 1.29 is 4.74 Å². The second-order valence-corrected chi connectivity index (χ2v) is 5.14. The highest BCUT2D eigenvalue weighted by Crippen LogP contribution is 2.16. The molecule has 0 saturated carbocycles. The molecular weight excluding hydrogens is 280 g/mol. The van der Waals surface area contributed by atoms with E-state index in [1.54, 1.807) is 6.20 Å². The number of nitrogens with one attached hydrogen (secondary N) is 1. The monoisotopic (exact) mass is 300 g/mol. The van der Waals surface area contributed by atoms with Crippen molar-refractivity contribution >= 4 is 17.3 Å². The zero-order valence-electron chi connectivity index (χ0n) is 11.9. The van der Waals surface area contributed by atoms with Crippen molar-refractivity contribution in [3.05, 3.63) is 21.6 Å². The van der Waals surface area contributed by atoms with Crippen molar-refractivity contribution in [3.8, 4) is 0 Å². The van der Waals surface area contributed by atoms with Gasteiger partial charge in [-0.15, -0.1) is 0 Å². The van der Waals surface area contributed by atoms with E-state index in [0.717, 1.165) is 26.2 Å². The van der Waals surface area contributed by atoms with Gasteiger partial charge in [-0.1, -0.05) is 18.5 Å². The van der Waals surface area contributed by atoms with E-state index in [-0.39, 0.29) is 16.7 Å². The summed E-state index contributed by atoms with van der Waals surface area (Å²) in [5, 5.41) is 7.40. The minimum atomic E-state index is -0.265. The molecule has 6 nitrogen and oxygen atoms in total. The number of aromatic nitrogens is 2. The van der Waals surface area contributed by atoms with Gasteiger partial charge in [0.15, 0.2) is 0 Å². The molecule has 20 heavy (non-hydrogen) atoms. The topological polar surface area (TPSA) is 59.4 Å². The van der Waals surface area contributed by atoms with Crippen LogP contribution in [0.15, 0.2) is 11.0 Å². The predicted molar refractivity (Wildman–Crippen MR) is 79.5 cm³/mol. The Kier molecular flexibility index (Phi) is 5.39. The van der Waals surface area contributed by atoms with E-state index >= 15 is 0 Å². The molecule has 112 valence electrons. The van der Waals surface area contributed by atoms with Crippen LogP contribution in [0, 0.1) is 0 Å². The fraction of sp³-hybridized carbons (Fsp3) is 0.692. The van der Waals surface area contributed by atoms with Gasteiger partial charge in [-0.2, -0.15) is 5.10 Å². The Morgan fingerprint density at radius 3 is 3.00 bits per heavy atom. The summed E-state index contributed by atoms with van der Waals surface area (Å²) >= 11 is 6.06. The minimum absolute atomic E-state index is 0.105. The summed E-state index contributed by atoms with van der Waals surface area (Å²) in [6, 6.07) is 0. The quantitative estimate of drug-likeness (QED) is 0.881. The van der Waals surface area contributed by atoms with Gasteiger partial charge in [0.2, 0.25) is 0 Å². The van der Waals surface area contributed by atoms with E-state index in [2.05, 4.69) is 22.2 Å². The molecule has 0 radical (unpaired) electrons. The van der Waals surface area contributed by atoms with Gasteiger partial charge in [-0.25, -0.2) is 4.68 Å². The third-order valence-electron chi connectivity index (χ3n) is 3.47. The number of likely N-dealkylation sites (N-methyl/N-ethyl adjacent to an activating group) is 1. The number of ether oxygens (including phenoxy) is 1. The number of anilines is 1. The van der Waals surface area contributed by atoms with Crippen LogP contribution in [-0.2, 0) is 11.3 Å². The summed E-state index contributed by atoms with van der Waals surface area (Å²) in [6.07, 6.45) is 1.70. The summed E-state index contributed by atoms with van der Waals surface area (Å²) in [7, 11) is 0. The normalized spacial score (nSPS) is 20.1. The van der Waals surface area contributed by atoms with Crippen molar-refractivity contribution in [3.63, 3.8) is 0 Å². The second-order valence-electron chi connectivity index (χ2n) is 4.76. The molecule has 0 aromatic carbocycles. The molecule has 0 bridgehead atoms. The van der Waals surface area contributed by atoms with Crippen LogP contribution in [-0.4, -0.2) is 53.6 Å². The van der Waals surface area contributed by atoms with Crippen LogP contribution in [0.5, 0.6) is 0 Å². The van der Waals surface area contributed by atoms with Crippen molar-refractivity contribution in [2.45, 2.75) is 26.5 Å². The summed E-state index contributed by atoms with van der Waals surface area (Å²) in [6.45, 7) is 8.75. The van der Waals surface area contributed by atoms with Crippen LogP contribution in [0.3, 0.4) is 0 Å². The molecule has 0 aliphatic carbocycles. The fourth-order valence-electron chi connectivity index (χ4n) is 2.23. The van der Waals surface area contributed by atoms with Gasteiger partial charge in [0.05, 0.1) is 24.6 Å². The number of hydrogen-bond donors (Lipinski definition) is 1. The molecule has 1 fully saturated rings. The van der Waals surface area contributed by atoms with Crippen LogP contribution < -0.4 is 10.9 Å². The summed E-state index contributed by atoms with van der Waals surface area (Å²) in [5.41, 5.74) is 0.303. The highest BCUT2D eigenvalue weighted by molar-refractivity contribution is 6.32. The van der Waals surface area contributed by atoms with Crippen LogP contribution in [0.2, 0.25) is 5.02 Å². The van der Waals surface area contributed by atoms with Crippen molar-refractivity contribution in [1.82, 2.24) is 14.7 Å². The van der Waals surface area contributed by atoms with Gasteiger partial charge in [-0.05, 0) is 13.5 Å². The highest BCUT2D eigenvalue weighted by atomic mass is 35.5. The van der Waals surface area contributed by atoms with Gasteiger partial charge >= 0.3 is 0 Å². The molecule has 0 amide bonds. The van der Waals surface area contributed by atoms with E-state index in [1.165, 1.54) is 4.68 Å². The average Bonchev–Trinajstić information content (AvgIpc) is 2.49. The lowest BCUT2D eigenvalue weighted by Crippen LogP contribution is -2.45. The zero-order chi connectivity index (χ0) is 14.5. The Hall–Kier alpha value is -1.11. The Bertz CT molecular complexity index is 506. The Labute approximate surface area is 123 Å². The lowest BCUT2D eigenvalue weighted by atomic mass is 10.2. The largest absolute Gasteiger partial charge is 0.380 e. The molecule has 2 rings (SSSR count). The first-order valence-corrected chi connectivity index (χ1v) is 7.37. The lowest BCUT2D eigenvalue weighted by molar-refractivity contribution is -0.0191. The van der Waals surface area contributed by atoms with Gasteiger partial charge in [-0.3, -0.25) is 9.69 Å². The molecule has 1 aromatic rings. The summed E-state index contributed by atoms with van der Waals surface area (Å²) in [4.78, 5) is 14.2. The number of morpholine rings is 1. The van der Waals surface area contributed by atoms with Gasteiger partial charge in [0, 0.05) is 26.2 Å². The van der Waals surface area contributed by atoms with E-state index in [9.17, 15) is 4.79 Å². The molecule has 1 atom stereocenters. The van der Waals surface area contributed by atoms with Crippen molar-refractivity contribution in [2.24, 2.45) is 0 Å². The molecule has 1 unspecified atom stereocenters. The highest BCUT2D eigenvalue weighted by Gasteiger charge is 2.19. The van der Waals surface area contributed by atoms with Gasteiger partial charge < -0.3 is 10.1 Å². The fourth-order valence-corrected chi connectivity index (χ4v) is 2.44. The molecule has 0 spiro atoms. The first-order valence-electron chi connectivity index (χ1n) is 6.99. The minimum Gasteiger partial charge on any atom is -0.380 e. The van der Waals surface area contributed by atoms with Crippen molar-refractivity contribution in [1.29, 1.82) is 0 Å². The Morgan fingerprint density at radius 1 is 1.50 bits per heavy atom. The number of aryl methyl sites for hydroxylation is 1. The molecule has 1 saturated heterocycles. The van der Waals surface area contributed by atoms with Crippen LogP contribution >= 0.6 is 11.6 Å². The molecule has 7 heteroatoms. The van der Waals surface area contributed by atoms with E-state index in [0.29, 0.717) is 18.8 Å². The number of nitrogens with zero attached hydrogens (tertiary/aromatic N) is 3. The first kappa shape index (κ1) is 15.3. The van der Waals surface area contributed by atoms with E-state index in [1.807, 2.05) is 6.92 Å². The Balaban J connectivity index is 1.97. The summed E-state index contributed by atoms with van der Waals surface area (Å²) in [5.74, 6) is 0. The third-order valence-corrected chi connectivity index (χ3v) is 3.84. The maximum Gasteiger partial charge on any atom is 0.287 e. The van der Waals surface area contributed by atoms with E-state index < -0.39 is 0 Å². The molecule has 2 heterocycles. The molecule has 1 N–H and O–H groups in total. The molecule has 1 aromatic heterocycles. The SMILES string of the molecule is CCN1CCOC(CNc2cnn(CC)c(=O)c2Cl)C1. The van der Waals surface area contributed by atoms with Gasteiger partial charge in [0.25, 0.3) is 5.56 Å². The van der Waals surface area contributed by atoms with Crippen LogP contribution in [0.4, 0.5) is 5.69 Å². The Morgan fingerprint density at radius 2 is 2.30 bits per heavy atom. The molecule has 1 aliphatic rings. The maximum atomic E-state index is 11.9. The van der Waals surface area contributed by atoms with Crippen LogP contribution in [0.25, 0.3) is 0 Å². The molecular formula is C13H21ClN4O2. The zero-order valence-corrected chi connectivity index (χ0v) is 12.7. The lowest BCUT2D eigenvalue weighted by Gasteiger charge is -2.32. The standard InChI is InChI=1S/C13H21ClN4O2/c1-3-17-5-6-20-10(9-17)7-15-11-8-16-18(4-2)13(19)12(11)14/h8,10,15H,3-7,9H2,1-2H3.